The molecule has 0 spiro atoms. The first kappa shape index (κ1) is 18.8. The van der Waals surface area contributed by atoms with Crippen LogP contribution in [0.15, 0.2) is 39.7 Å². The molecule has 0 radical (unpaired) electrons. The summed E-state index contributed by atoms with van der Waals surface area (Å²) in [5.74, 6) is 0.105. The highest BCUT2D eigenvalue weighted by Gasteiger charge is 2.24. The molecule has 2 aromatic rings. The Labute approximate surface area is 154 Å². The van der Waals surface area contributed by atoms with Gasteiger partial charge in [-0.25, -0.2) is 0 Å². The van der Waals surface area contributed by atoms with Gasteiger partial charge in [-0.1, -0.05) is 0 Å². The molecule has 8 heteroatoms. The largest absolute Gasteiger partial charge is 0.490 e. The molecule has 2 aromatic carbocycles. The zero-order valence-electron chi connectivity index (χ0n) is 13.4. The smallest absolute Gasteiger partial charge is 0.339 e. The third-order valence-electron chi connectivity index (χ3n) is 3.20. The van der Waals surface area contributed by atoms with Crippen molar-refractivity contribution in [2.75, 3.05) is 6.61 Å². The number of nitriles is 2. The van der Waals surface area contributed by atoms with Gasteiger partial charge in [-0.05, 0) is 59.6 Å². The van der Waals surface area contributed by atoms with Gasteiger partial charge in [0, 0.05) is 6.07 Å². The Morgan fingerprint density at radius 1 is 1.12 bits per heavy atom. The Morgan fingerprint density at radius 3 is 2.36 bits per heavy atom. The fraction of sp³-hybridized carbons (Fsp3) is 0.176. The zero-order valence-corrected chi connectivity index (χ0v) is 15.8. The Hall–Kier alpha value is -2.55. The number of aryl methyl sites for hydroxylation is 1. The molecule has 0 aromatic heterocycles. The van der Waals surface area contributed by atoms with Gasteiger partial charge in [-0.3, -0.25) is 0 Å². The molecule has 0 atom stereocenters. The Kier molecular flexibility index (Phi) is 5.68. The molecule has 0 N–H and O–H groups in total. The lowest BCUT2D eigenvalue weighted by Crippen LogP contribution is -2.13. The molecule has 0 heterocycles. The van der Waals surface area contributed by atoms with Gasteiger partial charge in [-0.2, -0.15) is 18.9 Å². The van der Waals surface area contributed by atoms with Crippen molar-refractivity contribution in [3.05, 3.63) is 51.5 Å². The maximum absolute atomic E-state index is 12.6. The second-order valence-corrected chi connectivity index (χ2v) is 7.33. The van der Waals surface area contributed by atoms with E-state index in [9.17, 15) is 8.42 Å². The molecule has 0 amide bonds. The summed E-state index contributed by atoms with van der Waals surface area (Å²) < 4.78 is 36.2. The summed E-state index contributed by atoms with van der Waals surface area (Å²) in [5.41, 5.74) is 1.04. The molecule has 0 aliphatic carbocycles. The summed E-state index contributed by atoms with van der Waals surface area (Å²) in [4.78, 5) is -0.0507. The van der Waals surface area contributed by atoms with Crippen molar-refractivity contribution in [2.45, 2.75) is 18.7 Å². The first-order valence-electron chi connectivity index (χ1n) is 7.14. The van der Waals surface area contributed by atoms with Gasteiger partial charge in [0.05, 0.1) is 34.3 Å². The third kappa shape index (κ3) is 4.11. The first-order valence-corrected chi connectivity index (χ1v) is 9.34. The van der Waals surface area contributed by atoms with Crippen molar-refractivity contribution in [2.24, 2.45) is 0 Å². The number of halogens is 1. The molecular formula is C17H13BrN2O4S. The molecule has 0 saturated carbocycles. The number of ether oxygens (including phenoxy) is 1. The van der Waals surface area contributed by atoms with Crippen LogP contribution >= 0.6 is 15.9 Å². The van der Waals surface area contributed by atoms with Gasteiger partial charge < -0.3 is 8.92 Å². The number of hydrogen-bond donors (Lipinski definition) is 0. The first-order chi connectivity index (χ1) is 11.8. The second-order valence-electron chi connectivity index (χ2n) is 4.96. The van der Waals surface area contributed by atoms with Gasteiger partial charge in [-0.15, -0.1) is 0 Å². The standard InChI is InChI=1S/C17H13BrN2O4S/c1-3-23-15-8-13(10-20)7-14(18)17(15)24-25(21,22)16-5-4-12(9-19)6-11(16)2/h4-8H,3H2,1-2H3. The molecule has 0 aliphatic heterocycles. The summed E-state index contributed by atoms with van der Waals surface area (Å²) in [5, 5.41) is 17.9. The van der Waals surface area contributed by atoms with E-state index < -0.39 is 10.1 Å². The molecule has 0 unspecified atom stereocenters. The van der Waals surface area contributed by atoms with Crippen LogP contribution < -0.4 is 8.92 Å². The molecular weight excluding hydrogens is 408 g/mol. The third-order valence-corrected chi connectivity index (χ3v) is 5.18. The van der Waals surface area contributed by atoms with Crippen LogP contribution in [-0.4, -0.2) is 15.0 Å². The SMILES string of the molecule is CCOc1cc(C#N)cc(Br)c1OS(=O)(=O)c1ccc(C#N)cc1C. The lowest BCUT2D eigenvalue weighted by Gasteiger charge is -2.15. The van der Waals surface area contributed by atoms with Crippen LogP contribution in [0, 0.1) is 29.6 Å². The molecule has 0 bridgehead atoms. The van der Waals surface area contributed by atoms with Gasteiger partial charge in [0.2, 0.25) is 0 Å². The normalized spacial score (nSPS) is 10.6. The topological polar surface area (TPSA) is 100 Å². The van der Waals surface area contributed by atoms with E-state index in [4.69, 9.17) is 19.4 Å². The molecule has 25 heavy (non-hydrogen) atoms. The van der Waals surface area contributed by atoms with E-state index in [1.165, 1.54) is 30.3 Å². The lowest BCUT2D eigenvalue weighted by molar-refractivity contribution is 0.327. The highest BCUT2D eigenvalue weighted by Crippen LogP contribution is 2.38. The van der Waals surface area contributed by atoms with Crippen LogP contribution in [0.3, 0.4) is 0 Å². The van der Waals surface area contributed by atoms with Gasteiger partial charge >= 0.3 is 10.1 Å². The van der Waals surface area contributed by atoms with Gasteiger partial charge in [0.25, 0.3) is 0 Å². The van der Waals surface area contributed by atoms with Crippen molar-refractivity contribution in [3.63, 3.8) is 0 Å². The van der Waals surface area contributed by atoms with E-state index in [2.05, 4.69) is 15.9 Å². The van der Waals surface area contributed by atoms with Crippen molar-refractivity contribution in [3.8, 4) is 23.6 Å². The van der Waals surface area contributed by atoms with E-state index in [0.717, 1.165) is 0 Å². The molecule has 2 rings (SSSR count). The van der Waals surface area contributed by atoms with Crippen molar-refractivity contribution in [1.82, 2.24) is 0 Å². The van der Waals surface area contributed by atoms with Crippen LogP contribution in [0.5, 0.6) is 11.5 Å². The number of rotatable bonds is 5. The van der Waals surface area contributed by atoms with Crippen molar-refractivity contribution in [1.29, 1.82) is 10.5 Å². The van der Waals surface area contributed by atoms with Crippen molar-refractivity contribution >= 4 is 26.0 Å². The summed E-state index contributed by atoms with van der Waals surface area (Å²) >= 11 is 3.21. The summed E-state index contributed by atoms with van der Waals surface area (Å²) in [7, 11) is -4.15. The Morgan fingerprint density at radius 2 is 1.80 bits per heavy atom. The highest BCUT2D eigenvalue weighted by molar-refractivity contribution is 9.10. The average Bonchev–Trinajstić information content (AvgIpc) is 2.57. The minimum atomic E-state index is -4.15. The predicted molar refractivity (Wildman–Crippen MR) is 93.7 cm³/mol. The summed E-state index contributed by atoms with van der Waals surface area (Å²) in [6.07, 6.45) is 0. The summed E-state index contributed by atoms with van der Waals surface area (Å²) in [6.45, 7) is 3.58. The van der Waals surface area contributed by atoms with Gasteiger partial charge in [0.15, 0.2) is 11.5 Å². The van der Waals surface area contributed by atoms with Crippen LogP contribution in [0.25, 0.3) is 0 Å². The van der Waals surface area contributed by atoms with E-state index in [1.807, 2.05) is 12.1 Å². The molecule has 6 nitrogen and oxygen atoms in total. The van der Waals surface area contributed by atoms with Crippen LogP contribution in [0.2, 0.25) is 0 Å². The Bertz CT molecular complexity index is 1000. The number of nitrogens with zero attached hydrogens (tertiary/aromatic N) is 2. The fourth-order valence-electron chi connectivity index (χ4n) is 2.13. The van der Waals surface area contributed by atoms with Crippen LogP contribution in [0.1, 0.15) is 23.6 Å². The lowest BCUT2D eigenvalue weighted by atomic mass is 10.2. The molecule has 0 fully saturated rings. The van der Waals surface area contributed by atoms with Crippen LogP contribution in [-0.2, 0) is 10.1 Å². The molecule has 0 saturated heterocycles. The minimum absolute atomic E-state index is 0.0374. The zero-order chi connectivity index (χ0) is 18.6. The van der Waals surface area contributed by atoms with E-state index in [1.54, 1.807) is 13.8 Å². The molecule has 0 aliphatic rings. The van der Waals surface area contributed by atoms with E-state index >= 15 is 0 Å². The average molecular weight is 421 g/mol. The maximum Gasteiger partial charge on any atom is 0.339 e. The summed E-state index contributed by atoms with van der Waals surface area (Å²) in [6, 6.07) is 11.0. The quantitative estimate of drug-likeness (QED) is 0.683. The Balaban J connectivity index is 2.52. The second kappa shape index (κ2) is 7.56. The van der Waals surface area contributed by atoms with E-state index in [-0.39, 0.29) is 27.5 Å². The monoisotopic (exact) mass is 420 g/mol. The maximum atomic E-state index is 12.6. The van der Waals surface area contributed by atoms with E-state index in [0.29, 0.717) is 16.7 Å². The van der Waals surface area contributed by atoms with Gasteiger partial charge in [0.1, 0.15) is 4.90 Å². The fourth-order valence-corrected chi connectivity index (χ4v) is 3.93. The van der Waals surface area contributed by atoms with Crippen LogP contribution in [0.4, 0.5) is 0 Å². The minimum Gasteiger partial charge on any atom is -0.490 e. The molecule has 128 valence electrons. The predicted octanol–water partition coefficient (Wildman–Crippen LogP) is 3.67. The van der Waals surface area contributed by atoms with Crippen molar-refractivity contribution < 1.29 is 17.3 Å². The highest BCUT2D eigenvalue weighted by atomic mass is 79.9. The number of hydrogen-bond acceptors (Lipinski definition) is 6. The number of benzene rings is 2.